The molecule has 2 aliphatic heterocycles. The van der Waals surface area contributed by atoms with E-state index in [1.165, 1.54) is 19.3 Å². The third-order valence-electron chi connectivity index (χ3n) is 4.22. The number of amides is 1. The van der Waals surface area contributed by atoms with E-state index < -0.39 is 0 Å². The summed E-state index contributed by atoms with van der Waals surface area (Å²) in [6.07, 6.45) is 3.74. The summed E-state index contributed by atoms with van der Waals surface area (Å²) in [7, 11) is 4.03. The number of hydrogen-bond acceptors (Lipinski definition) is 4. The Labute approximate surface area is 109 Å². The molecule has 0 bridgehead atoms. The first-order valence-corrected chi connectivity index (χ1v) is 6.95. The van der Waals surface area contributed by atoms with Crippen molar-refractivity contribution in [3.63, 3.8) is 0 Å². The summed E-state index contributed by atoms with van der Waals surface area (Å²) in [5, 5.41) is 6.23. The van der Waals surface area contributed by atoms with Gasteiger partial charge >= 0.3 is 0 Å². The molecule has 1 amide bonds. The topological polar surface area (TPSA) is 53.6 Å². The van der Waals surface area contributed by atoms with Crippen molar-refractivity contribution in [2.24, 2.45) is 5.92 Å². The molecule has 0 aromatic heterocycles. The Morgan fingerprint density at radius 2 is 2.22 bits per heavy atom. The monoisotopic (exact) mass is 255 g/mol. The Morgan fingerprint density at radius 3 is 2.94 bits per heavy atom. The van der Waals surface area contributed by atoms with E-state index in [0.717, 1.165) is 13.1 Å². The van der Waals surface area contributed by atoms with Gasteiger partial charge in [-0.3, -0.25) is 4.79 Å². The molecule has 3 unspecified atom stereocenters. The standard InChI is InChI=1S/C13H25N3O2/c1-14-12-9-18-8-11(12)13(17)15-7-10-5-3-4-6-16(10)2/h10-12,14H,3-9H2,1-2H3,(H,15,17). The van der Waals surface area contributed by atoms with Gasteiger partial charge in [-0.15, -0.1) is 0 Å². The van der Waals surface area contributed by atoms with E-state index in [1.807, 2.05) is 7.05 Å². The van der Waals surface area contributed by atoms with Crippen LogP contribution in [0.5, 0.6) is 0 Å². The molecule has 2 heterocycles. The Bertz CT molecular complexity index is 285. The molecule has 18 heavy (non-hydrogen) atoms. The second-order valence-corrected chi connectivity index (χ2v) is 5.41. The SMILES string of the molecule is CNC1COCC1C(=O)NCC1CCCCN1C. The van der Waals surface area contributed by atoms with E-state index in [4.69, 9.17) is 4.74 Å². The Hall–Kier alpha value is -0.650. The number of ether oxygens (including phenoxy) is 1. The smallest absolute Gasteiger partial charge is 0.227 e. The van der Waals surface area contributed by atoms with E-state index in [-0.39, 0.29) is 17.9 Å². The van der Waals surface area contributed by atoms with Crippen molar-refractivity contribution in [2.45, 2.75) is 31.3 Å². The van der Waals surface area contributed by atoms with E-state index in [9.17, 15) is 4.79 Å². The maximum atomic E-state index is 12.1. The maximum absolute atomic E-state index is 12.1. The normalized spacial score (nSPS) is 33.6. The number of nitrogens with zero attached hydrogens (tertiary/aromatic N) is 1. The minimum Gasteiger partial charge on any atom is -0.379 e. The van der Waals surface area contributed by atoms with Gasteiger partial charge < -0.3 is 20.3 Å². The predicted molar refractivity (Wildman–Crippen MR) is 70.4 cm³/mol. The fourth-order valence-corrected chi connectivity index (χ4v) is 2.85. The van der Waals surface area contributed by atoms with E-state index in [2.05, 4.69) is 22.6 Å². The lowest BCUT2D eigenvalue weighted by atomic mass is 10.0. The average molecular weight is 255 g/mol. The van der Waals surface area contributed by atoms with Crippen LogP contribution in [0.3, 0.4) is 0 Å². The van der Waals surface area contributed by atoms with Gasteiger partial charge in [-0.2, -0.15) is 0 Å². The predicted octanol–water partition coefficient (Wildman–Crippen LogP) is -0.179. The van der Waals surface area contributed by atoms with Crippen LogP contribution < -0.4 is 10.6 Å². The van der Waals surface area contributed by atoms with Crippen molar-refractivity contribution in [1.29, 1.82) is 0 Å². The summed E-state index contributed by atoms with van der Waals surface area (Å²) < 4.78 is 5.36. The Morgan fingerprint density at radius 1 is 1.39 bits per heavy atom. The van der Waals surface area contributed by atoms with Crippen LogP contribution in [0.4, 0.5) is 0 Å². The van der Waals surface area contributed by atoms with Gasteiger partial charge in [0.1, 0.15) is 0 Å². The van der Waals surface area contributed by atoms with Gasteiger partial charge in [0.2, 0.25) is 5.91 Å². The maximum Gasteiger partial charge on any atom is 0.227 e. The van der Waals surface area contributed by atoms with Crippen molar-refractivity contribution in [3.8, 4) is 0 Å². The zero-order valence-corrected chi connectivity index (χ0v) is 11.4. The van der Waals surface area contributed by atoms with Gasteiger partial charge in [-0.25, -0.2) is 0 Å². The minimum atomic E-state index is -0.0381. The molecule has 2 saturated heterocycles. The van der Waals surface area contributed by atoms with Gasteiger partial charge in [0.25, 0.3) is 0 Å². The molecule has 3 atom stereocenters. The molecular weight excluding hydrogens is 230 g/mol. The molecule has 0 radical (unpaired) electrons. The first-order chi connectivity index (χ1) is 8.72. The van der Waals surface area contributed by atoms with Crippen molar-refractivity contribution >= 4 is 5.91 Å². The van der Waals surface area contributed by atoms with Gasteiger partial charge in [0.15, 0.2) is 0 Å². The number of piperidine rings is 1. The first kappa shape index (κ1) is 13.8. The van der Waals surface area contributed by atoms with Crippen LogP contribution in [0, 0.1) is 5.92 Å². The van der Waals surface area contributed by atoms with Crippen molar-refractivity contribution in [3.05, 3.63) is 0 Å². The highest BCUT2D eigenvalue weighted by molar-refractivity contribution is 5.79. The summed E-state index contributed by atoms with van der Waals surface area (Å²) in [5.74, 6) is 0.0923. The van der Waals surface area contributed by atoms with Crippen molar-refractivity contribution < 1.29 is 9.53 Å². The lowest BCUT2D eigenvalue weighted by Gasteiger charge is -2.32. The highest BCUT2D eigenvalue weighted by Crippen LogP contribution is 2.16. The highest BCUT2D eigenvalue weighted by Gasteiger charge is 2.33. The van der Waals surface area contributed by atoms with Crippen LogP contribution >= 0.6 is 0 Å². The molecule has 2 aliphatic rings. The quantitative estimate of drug-likeness (QED) is 0.732. The van der Waals surface area contributed by atoms with Crippen molar-refractivity contribution in [2.75, 3.05) is 40.4 Å². The Balaban J connectivity index is 1.77. The number of rotatable bonds is 4. The molecule has 2 rings (SSSR count). The number of carbonyl (C=O) groups excluding carboxylic acids is 1. The molecular formula is C13H25N3O2. The van der Waals surface area contributed by atoms with Gasteiger partial charge in [0.05, 0.1) is 19.1 Å². The second-order valence-electron chi connectivity index (χ2n) is 5.41. The fraction of sp³-hybridized carbons (Fsp3) is 0.923. The number of nitrogens with one attached hydrogen (secondary N) is 2. The van der Waals surface area contributed by atoms with Crippen LogP contribution in [0.2, 0.25) is 0 Å². The second kappa shape index (κ2) is 6.50. The summed E-state index contributed by atoms with van der Waals surface area (Å²) in [6.45, 7) is 3.09. The minimum absolute atomic E-state index is 0.0381. The van der Waals surface area contributed by atoms with Crippen LogP contribution in [-0.2, 0) is 9.53 Å². The number of hydrogen-bond donors (Lipinski definition) is 2. The molecule has 0 aromatic carbocycles. The molecule has 2 fully saturated rings. The van der Waals surface area contributed by atoms with E-state index in [0.29, 0.717) is 19.3 Å². The van der Waals surface area contributed by atoms with Gasteiger partial charge in [-0.1, -0.05) is 6.42 Å². The molecule has 5 heteroatoms. The summed E-state index contributed by atoms with van der Waals surface area (Å²) >= 11 is 0. The van der Waals surface area contributed by atoms with Gasteiger partial charge in [0, 0.05) is 18.6 Å². The van der Waals surface area contributed by atoms with Gasteiger partial charge in [-0.05, 0) is 33.5 Å². The molecule has 0 aliphatic carbocycles. The zero-order valence-electron chi connectivity index (χ0n) is 11.4. The lowest BCUT2D eigenvalue weighted by Crippen LogP contribution is -2.48. The molecule has 0 spiro atoms. The van der Waals surface area contributed by atoms with E-state index >= 15 is 0 Å². The average Bonchev–Trinajstić information content (AvgIpc) is 2.86. The zero-order chi connectivity index (χ0) is 13.0. The van der Waals surface area contributed by atoms with Crippen LogP contribution in [0.25, 0.3) is 0 Å². The summed E-state index contributed by atoms with van der Waals surface area (Å²) in [4.78, 5) is 14.5. The molecule has 2 N–H and O–H groups in total. The summed E-state index contributed by atoms with van der Waals surface area (Å²) in [6, 6.07) is 0.659. The van der Waals surface area contributed by atoms with Crippen LogP contribution in [0.1, 0.15) is 19.3 Å². The molecule has 5 nitrogen and oxygen atoms in total. The third kappa shape index (κ3) is 3.22. The number of carbonyl (C=O) groups is 1. The number of likely N-dealkylation sites (N-methyl/N-ethyl adjacent to an activating group) is 2. The van der Waals surface area contributed by atoms with Crippen LogP contribution in [-0.4, -0.2) is 63.3 Å². The third-order valence-corrected chi connectivity index (χ3v) is 4.22. The largest absolute Gasteiger partial charge is 0.379 e. The van der Waals surface area contributed by atoms with Crippen molar-refractivity contribution in [1.82, 2.24) is 15.5 Å². The van der Waals surface area contributed by atoms with Crippen LogP contribution in [0.15, 0.2) is 0 Å². The summed E-state index contributed by atoms with van der Waals surface area (Å²) in [5.41, 5.74) is 0. The fourth-order valence-electron chi connectivity index (χ4n) is 2.85. The highest BCUT2D eigenvalue weighted by atomic mass is 16.5. The molecule has 0 saturated carbocycles. The first-order valence-electron chi connectivity index (χ1n) is 6.95. The van der Waals surface area contributed by atoms with E-state index in [1.54, 1.807) is 0 Å². The molecule has 0 aromatic rings. The lowest BCUT2D eigenvalue weighted by molar-refractivity contribution is -0.125. The molecule has 104 valence electrons. The Kier molecular flexibility index (Phi) is 4.97. The number of likely N-dealkylation sites (tertiary alicyclic amines) is 1.